The molecule has 2 saturated heterocycles. The SMILES string of the molecule is C[C@H]1CC2(CCN(c3nc4[nH]nc(-c5cc(Cl)ncc5Cl)c4c(=O)n3C)CC2)CO1. The van der Waals surface area contributed by atoms with Gasteiger partial charge in [0.05, 0.1) is 17.7 Å². The van der Waals surface area contributed by atoms with Gasteiger partial charge >= 0.3 is 0 Å². The second-order valence-corrected chi connectivity index (χ2v) is 9.17. The van der Waals surface area contributed by atoms with Gasteiger partial charge in [-0.15, -0.1) is 0 Å². The van der Waals surface area contributed by atoms with E-state index in [0.717, 1.165) is 39.0 Å². The maximum atomic E-state index is 13.3. The summed E-state index contributed by atoms with van der Waals surface area (Å²) in [6.07, 6.45) is 4.94. The van der Waals surface area contributed by atoms with Gasteiger partial charge in [-0.25, -0.2) is 4.98 Å². The number of pyridine rings is 1. The molecule has 0 bridgehead atoms. The van der Waals surface area contributed by atoms with Gasteiger partial charge in [0.15, 0.2) is 5.65 Å². The molecule has 0 aromatic carbocycles. The predicted molar refractivity (Wildman–Crippen MR) is 116 cm³/mol. The van der Waals surface area contributed by atoms with Gasteiger partial charge in [0, 0.05) is 31.9 Å². The highest BCUT2D eigenvalue weighted by Crippen LogP contribution is 2.42. The molecular formula is C20H22Cl2N6O2. The lowest BCUT2D eigenvalue weighted by Gasteiger charge is -2.39. The summed E-state index contributed by atoms with van der Waals surface area (Å²) in [5.74, 6) is 0.642. The Morgan fingerprint density at radius 1 is 1.30 bits per heavy atom. The van der Waals surface area contributed by atoms with Crippen LogP contribution < -0.4 is 10.5 Å². The van der Waals surface area contributed by atoms with Crippen molar-refractivity contribution in [3.63, 3.8) is 0 Å². The molecule has 0 unspecified atom stereocenters. The summed E-state index contributed by atoms with van der Waals surface area (Å²) < 4.78 is 7.41. The second kappa shape index (κ2) is 7.21. The summed E-state index contributed by atoms with van der Waals surface area (Å²) >= 11 is 12.3. The van der Waals surface area contributed by atoms with Crippen LogP contribution in [0, 0.1) is 5.41 Å². The highest BCUT2D eigenvalue weighted by molar-refractivity contribution is 6.34. The molecule has 2 fully saturated rings. The first-order chi connectivity index (χ1) is 14.4. The van der Waals surface area contributed by atoms with Crippen molar-refractivity contribution in [2.45, 2.75) is 32.3 Å². The van der Waals surface area contributed by atoms with Crippen LogP contribution in [-0.2, 0) is 11.8 Å². The van der Waals surface area contributed by atoms with Gasteiger partial charge in [0.25, 0.3) is 5.56 Å². The third kappa shape index (κ3) is 3.18. The van der Waals surface area contributed by atoms with Crippen molar-refractivity contribution in [1.29, 1.82) is 0 Å². The minimum atomic E-state index is -0.180. The summed E-state index contributed by atoms with van der Waals surface area (Å²) in [4.78, 5) is 24.1. The number of hydrogen-bond donors (Lipinski definition) is 1. The Kier molecular flexibility index (Phi) is 4.76. The molecule has 1 atom stereocenters. The van der Waals surface area contributed by atoms with Crippen LogP contribution >= 0.6 is 23.2 Å². The van der Waals surface area contributed by atoms with Gasteiger partial charge < -0.3 is 9.64 Å². The van der Waals surface area contributed by atoms with Crippen LogP contribution in [0.25, 0.3) is 22.3 Å². The van der Waals surface area contributed by atoms with Gasteiger partial charge in [-0.3, -0.25) is 14.5 Å². The van der Waals surface area contributed by atoms with E-state index in [2.05, 4.69) is 27.0 Å². The maximum Gasteiger partial charge on any atom is 0.266 e. The normalized spacial score (nSPS) is 21.1. The number of rotatable bonds is 2. The van der Waals surface area contributed by atoms with E-state index >= 15 is 0 Å². The zero-order valence-corrected chi connectivity index (χ0v) is 18.3. The first kappa shape index (κ1) is 19.8. The molecule has 2 aliphatic rings. The maximum absolute atomic E-state index is 13.3. The molecule has 1 N–H and O–H groups in total. The zero-order chi connectivity index (χ0) is 21.0. The zero-order valence-electron chi connectivity index (χ0n) is 16.8. The minimum absolute atomic E-state index is 0.180. The minimum Gasteiger partial charge on any atom is -0.378 e. The van der Waals surface area contributed by atoms with Crippen molar-refractivity contribution in [3.8, 4) is 11.3 Å². The van der Waals surface area contributed by atoms with Crippen molar-refractivity contribution < 1.29 is 4.74 Å². The number of H-pyrrole nitrogens is 1. The first-order valence-corrected chi connectivity index (χ1v) is 10.8. The molecule has 0 amide bonds. The first-order valence-electron chi connectivity index (χ1n) is 10.00. The standard InChI is InChI=1S/C20H22Cl2N6O2/c1-11-8-20(10-30-11)3-5-28(6-4-20)19-24-17-15(18(29)27(19)2)16(25-26-17)12-7-14(22)23-9-13(12)21/h7,9,11H,3-6,8,10H2,1-2H3,(H,25,26)/t11-/m0/s1. The van der Waals surface area contributed by atoms with E-state index in [9.17, 15) is 4.79 Å². The van der Waals surface area contributed by atoms with Gasteiger partial charge in [-0.1, -0.05) is 23.2 Å². The van der Waals surface area contributed by atoms with Crippen LogP contribution in [0.4, 0.5) is 5.95 Å². The number of halogens is 2. The van der Waals surface area contributed by atoms with E-state index in [1.165, 1.54) is 6.20 Å². The molecule has 8 nitrogen and oxygen atoms in total. The average molecular weight is 449 g/mol. The molecule has 158 valence electrons. The number of nitrogens with one attached hydrogen (secondary N) is 1. The quantitative estimate of drug-likeness (QED) is 0.604. The highest BCUT2D eigenvalue weighted by Gasteiger charge is 2.41. The molecule has 0 aliphatic carbocycles. The molecule has 3 aromatic rings. The fraction of sp³-hybridized carbons (Fsp3) is 0.500. The Bertz CT molecular complexity index is 1180. The number of fused-ring (bicyclic) bond motifs is 1. The van der Waals surface area contributed by atoms with E-state index in [1.54, 1.807) is 17.7 Å². The van der Waals surface area contributed by atoms with E-state index in [1.807, 2.05) is 0 Å². The number of anilines is 1. The predicted octanol–water partition coefficient (Wildman–Crippen LogP) is 3.42. The van der Waals surface area contributed by atoms with Crippen molar-refractivity contribution in [2.75, 3.05) is 24.6 Å². The number of ether oxygens (including phenoxy) is 1. The number of hydrogen-bond acceptors (Lipinski definition) is 6. The number of nitrogens with zero attached hydrogens (tertiary/aromatic N) is 5. The molecule has 0 saturated carbocycles. The molecule has 30 heavy (non-hydrogen) atoms. The largest absolute Gasteiger partial charge is 0.378 e. The molecule has 1 spiro atoms. The fourth-order valence-corrected chi connectivity index (χ4v) is 5.05. The number of piperidine rings is 1. The van der Waals surface area contributed by atoms with Gasteiger partial charge in [0.2, 0.25) is 5.95 Å². The summed E-state index contributed by atoms with van der Waals surface area (Å²) in [6.45, 7) is 4.65. The molecule has 5 rings (SSSR count). The fourth-order valence-electron chi connectivity index (χ4n) is 4.70. The summed E-state index contributed by atoms with van der Waals surface area (Å²) in [5.41, 5.74) is 1.49. The van der Waals surface area contributed by atoms with Crippen LogP contribution in [-0.4, -0.2) is 50.5 Å². The smallest absolute Gasteiger partial charge is 0.266 e. The third-order valence-electron chi connectivity index (χ3n) is 6.36. The van der Waals surface area contributed by atoms with Gasteiger partial charge in [-0.05, 0) is 37.7 Å². The molecule has 3 aromatic heterocycles. The van der Waals surface area contributed by atoms with Crippen LogP contribution in [0.5, 0.6) is 0 Å². The van der Waals surface area contributed by atoms with Crippen LogP contribution in [0.1, 0.15) is 26.2 Å². The second-order valence-electron chi connectivity index (χ2n) is 8.37. The lowest BCUT2D eigenvalue weighted by molar-refractivity contribution is 0.0974. The Hall–Kier alpha value is -2.16. The molecule has 2 aliphatic heterocycles. The summed E-state index contributed by atoms with van der Waals surface area (Å²) in [7, 11) is 1.74. The Balaban J connectivity index is 1.51. The Morgan fingerprint density at radius 2 is 2.07 bits per heavy atom. The van der Waals surface area contributed by atoms with Crippen LogP contribution in [0.2, 0.25) is 10.2 Å². The lowest BCUT2D eigenvalue weighted by Crippen LogP contribution is -2.43. The van der Waals surface area contributed by atoms with Crippen LogP contribution in [0.15, 0.2) is 17.1 Å². The molecule has 0 radical (unpaired) electrons. The van der Waals surface area contributed by atoms with Gasteiger partial charge in [-0.2, -0.15) is 10.1 Å². The number of aromatic nitrogens is 5. The summed E-state index contributed by atoms with van der Waals surface area (Å²) in [6, 6.07) is 1.60. The molecule has 5 heterocycles. The Morgan fingerprint density at radius 3 is 2.77 bits per heavy atom. The topological polar surface area (TPSA) is 88.9 Å². The van der Waals surface area contributed by atoms with E-state index in [0.29, 0.717) is 39.4 Å². The van der Waals surface area contributed by atoms with Crippen LogP contribution in [0.3, 0.4) is 0 Å². The third-order valence-corrected chi connectivity index (χ3v) is 6.86. The molecular weight excluding hydrogens is 427 g/mol. The van der Waals surface area contributed by atoms with E-state index in [4.69, 9.17) is 32.9 Å². The average Bonchev–Trinajstić information content (AvgIpc) is 3.31. The Labute approximate surface area is 183 Å². The monoisotopic (exact) mass is 448 g/mol. The van der Waals surface area contributed by atoms with E-state index in [-0.39, 0.29) is 16.1 Å². The lowest BCUT2D eigenvalue weighted by atomic mass is 9.77. The number of aromatic amines is 1. The highest BCUT2D eigenvalue weighted by atomic mass is 35.5. The molecule has 10 heteroatoms. The van der Waals surface area contributed by atoms with Crippen molar-refractivity contribution in [3.05, 3.63) is 32.8 Å². The van der Waals surface area contributed by atoms with Crippen molar-refractivity contribution in [1.82, 2.24) is 24.7 Å². The summed E-state index contributed by atoms with van der Waals surface area (Å²) in [5, 5.41) is 8.24. The van der Waals surface area contributed by atoms with Gasteiger partial charge in [0.1, 0.15) is 16.2 Å². The van der Waals surface area contributed by atoms with Crippen molar-refractivity contribution in [2.24, 2.45) is 12.5 Å². The van der Waals surface area contributed by atoms with Crippen molar-refractivity contribution >= 4 is 40.2 Å². The van der Waals surface area contributed by atoms with E-state index < -0.39 is 0 Å².